The van der Waals surface area contributed by atoms with Crippen LogP contribution in [-0.2, 0) is 0 Å². The molecular weight excluding hydrogens is 339 g/mol. The van der Waals surface area contributed by atoms with Crippen LogP contribution in [0.1, 0.15) is 0 Å². The first-order chi connectivity index (χ1) is 8.78. The lowest BCUT2D eigenvalue weighted by atomic mass is 10.1. The van der Waals surface area contributed by atoms with E-state index in [1.54, 1.807) is 7.11 Å². The van der Waals surface area contributed by atoms with Gasteiger partial charge < -0.3 is 9.14 Å². The van der Waals surface area contributed by atoms with Crippen molar-refractivity contribution in [1.82, 2.24) is 9.38 Å². The normalized spacial score (nSPS) is 10.8. The van der Waals surface area contributed by atoms with Crippen molar-refractivity contribution in [3.63, 3.8) is 0 Å². The smallest absolute Gasteiger partial charge is 0.137 e. The van der Waals surface area contributed by atoms with E-state index in [-0.39, 0.29) is 0 Å². The Morgan fingerprint density at radius 2 is 1.94 bits per heavy atom. The molecule has 0 fully saturated rings. The number of pyridine rings is 1. The van der Waals surface area contributed by atoms with Gasteiger partial charge in [0, 0.05) is 21.5 Å². The fourth-order valence-electron chi connectivity index (χ4n) is 1.95. The topological polar surface area (TPSA) is 26.5 Å². The number of hydrogen-bond acceptors (Lipinski definition) is 2. The molecule has 3 nitrogen and oxygen atoms in total. The first-order valence-corrected chi connectivity index (χ1v) is 6.63. The lowest BCUT2D eigenvalue weighted by Crippen LogP contribution is -1.86. The van der Waals surface area contributed by atoms with Crippen molar-refractivity contribution in [2.75, 3.05) is 7.11 Å². The minimum Gasteiger partial charge on any atom is -0.496 e. The van der Waals surface area contributed by atoms with Crippen molar-refractivity contribution in [2.24, 2.45) is 0 Å². The van der Waals surface area contributed by atoms with Gasteiger partial charge in [0.1, 0.15) is 11.4 Å². The van der Waals surface area contributed by atoms with Gasteiger partial charge in [0.25, 0.3) is 0 Å². The Morgan fingerprint density at radius 1 is 1.11 bits per heavy atom. The molecule has 2 heterocycles. The summed E-state index contributed by atoms with van der Waals surface area (Å²) in [7, 11) is 1.68. The Bertz CT molecular complexity index is 706. The van der Waals surface area contributed by atoms with Gasteiger partial charge in [-0.25, -0.2) is 4.98 Å². The molecule has 0 radical (unpaired) electrons. The van der Waals surface area contributed by atoms with Crippen molar-refractivity contribution in [2.45, 2.75) is 0 Å². The van der Waals surface area contributed by atoms with Crippen molar-refractivity contribution >= 4 is 28.2 Å². The summed E-state index contributed by atoms with van der Waals surface area (Å²) in [5.41, 5.74) is 2.88. The minimum atomic E-state index is 0.843. The number of fused-ring (bicyclic) bond motifs is 1. The molecule has 4 heteroatoms. The fraction of sp³-hybridized carbons (Fsp3) is 0.0714. The summed E-state index contributed by atoms with van der Waals surface area (Å²) in [6.07, 6.45) is 4.08. The van der Waals surface area contributed by atoms with Crippen LogP contribution >= 0.6 is 22.6 Å². The molecule has 3 aromatic rings. The maximum absolute atomic E-state index is 5.37. The van der Waals surface area contributed by atoms with Gasteiger partial charge in [-0.3, -0.25) is 0 Å². The maximum Gasteiger partial charge on any atom is 0.137 e. The van der Waals surface area contributed by atoms with E-state index in [4.69, 9.17) is 4.74 Å². The van der Waals surface area contributed by atoms with Crippen LogP contribution in [0.4, 0.5) is 0 Å². The molecule has 3 rings (SSSR count). The van der Waals surface area contributed by atoms with Crippen LogP contribution in [0.15, 0.2) is 48.8 Å². The van der Waals surface area contributed by atoms with Crippen LogP contribution in [0.3, 0.4) is 0 Å². The zero-order valence-corrected chi connectivity index (χ0v) is 12.0. The highest BCUT2D eigenvalue weighted by molar-refractivity contribution is 14.1. The van der Waals surface area contributed by atoms with Crippen LogP contribution < -0.4 is 4.74 Å². The number of rotatable bonds is 2. The third kappa shape index (κ3) is 1.96. The summed E-state index contributed by atoms with van der Waals surface area (Å²) in [4.78, 5) is 4.61. The van der Waals surface area contributed by atoms with Gasteiger partial charge in [0.05, 0.1) is 12.8 Å². The van der Waals surface area contributed by atoms with Crippen molar-refractivity contribution < 1.29 is 4.74 Å². The van der Waals surface area contributed by atoms with Crippen molar-refractivity contribution in [3.05, 3.63) is 52.4 Å². The predicted octanol–water partition coefficient (Wildman–Crippen LogP) is 3.61. The number of nitrogens with zero attached hydrogens (tertiary/aromatic N) is 2. The molecule has 0 aliphatic carbocycles. The van der Waals surface area contributed by atoms with Crippen LogP contribution in [-0.4, -0.2) is 16.5 Å². The molecule has 0 atom stereocenters. The first-order valence-electron chi connectivity index (χ1n) is 5.55. The summed E-state index contributed by atoms with van der Waals surface area (Å²) in [6.45, 7) is 0. The Morgan fingerprint density at radius 3 is 2.78 bits per heavy atom. The van der Waals surface area contributed by atoms with Crippen molar-refractivity contribution in [3.8, 4) is 17.0 Å². The van der Waals surface area contributed by atoms with E-state index < -0.39 is 0 Å². The third-order valence-electron chi connectivity index (χ3n) is 2.80. The number of halogens is 1. The molecule has 1 aromatic carbocycles. The molecule has 0 amide bonds. The molecule has 0 aliphatic heterocycles. The van der Waals surface area contributed by atoms with Gasteiger partial charge in [-0.2, -0.15) is 0 Å². The molecule has 18 heavy (non-hydrogen) atoms. The van der Waals surface area contributed by atoms with E-state index in [0.29, 0.717) is 0 Å². The average molecular weight is 350 g/mol. The largest absolute Gasteiger partial charge is 0.496 e. The number of para-hydroxylation sites is 1. The van der Waals surface area contributed by atoms with E-state index in [9.17, 15) is 0 Å². The monoisotopic (exact) mass is 350 g/mol. The van der Waals surface area contributed by atoms with E-state index >= 15 is 0 Å². The van der Waals surface area contributed by atoms with E-state index in [1.165, 1.54) is 3.57 Å². The van der Waals surface area contributed by atoms with E-state index in [1.807, 2.05) is 40.9 Å². The van der Waals surface area contributed by atoms with Gasteiger partial charge in [-0.05, 0) is 46.9 Å². The number of aromatic nitrogens is 2. The van der Waals surface area contributed by atoms with E-state index in [0.717, 1.165) is 22.7 Å². The molecule has 2 aromatic heterocycles. The second kappa shape index (κ2) is 4.61. The number of methoxy groups -OCH3 is 1. The lowest BCUT2D eigenvalue weighted by molar-refractivity contribution is 0.416. The summed E-state index contributed by atoms with van der Waals surface area (Å²) < 4.78 is 8.58. The second-order valence-electron chi connectivity index (χ2n) is 3.94. The molecular formula is C14H11IN2O. The van der Waals surface area contributed by atoms with Crippen LogP contribution in [0.25, 0.3) is 16.9 Å². The molecule has 0 saturated heterocycles. The van der Waals surface area contributed by atoms with Crippen LogP contribution in [0.5, 0.6) is 5.75 Å². The molecule has 0 N–H and O–H groups in total. The molecule has 0 bridgehead atoms. The van der Waals surface area contributed by atoms with E-state index in [2.05, 4.69) is 39.8 Å². The molecule has 90 valence electrons. The number of ether oxygens (including phenoxy) is 1. The molecule has 0 unspecified atom stereocenters. The zero-order valence-electron chi connectivity index (χ0n) is 9.80. The summed E-state index contributed by atoms with van der Waals surface area (Å²) in [6, 6.07) is 12.0. The van der Waals surface area contributed by atoms with Gasteiger partial charge >= 0.3 is 0 Å². The summed E-state index contributed by atoms with van der Waals surface area (Å²) >= 11 is 2.29. The van der Waals surface area contributed by atoms with Gasteiger partial charge in [0.15, 0.2) is 0 Å². The Balaban J connectivity index is 2.19. The highest BCUT2D eigenvalue weighted by atomic mass is 127. The van der Waals surface area contributed by atoms with Gasteiger partial charge in [-0.15, -0.1) is 0 Å². The molecule has 0 aliphatic rings. The lowest BCUT2D eigenvalue weighted by Gasteiger charge is -2.04. The maximum atomic E-state index is 5.37. The summed E-state index contributed by atoms with van der Waals surface area (Å²) in [5, 5.41) is 0. The van der Waals surface area contributed by atoms with Crippen LogP contribution in [0, 0.1) is 3.57 Å². The van der Waals surface area contributed by atoms with Gasteiger partial charge in [0.2, 0.25) is 0 Å². The highest BCUT2D eigenvalue weighted by Gasteiger charge is 2.09. The Kier molecular flexibility index (Phi) is 2.95. The summed E-state index contributed by atoms with van der Waals surface area (Å²) in [5.74, 6) is 0.843. The zero-order chi connectivity index (χ0) is 12.5. The number of imidazole rings is 1. The molecule has 0 saturated carbocycles. The third-order valence-corrected chi connectivity index (χ3v) is 3.44. The van der Waals surface area contributed by atoms with Crippen LogP contribution in [0.2, 0.25) is 0 Å². The Hall–Kier alpha value is -1.56. The molecule has 0 spiro atoms. The predicted molar refractivity (Wildman–Crippen MR) is 79.9 cm³/mol. The standard InChI is InChI=1S/C14H11IN2O/c1-18-13-5-3-2-4-11(13)12-9-17-8-10(15)6-7-14(17)16-12/h2-9H,1H3. The number of benzene rings is 1. The van der Waals surface area contributed by atoms with Gasteiger partial charge in [-0.1, -0.05) is 12.1 Å². The quantitative estimate of drug-likeness (QED) is 0.660. The number of hydrogen-bond donors (Lipinski definition) is 0. The highest BCUT2D eigenvalue weighted by Crippen LogP contribution is 2.28. The van der Waals surface area contributed by atoms with Crippen molar-refractivity contribution in [1.29, 1.82) is 0 Å². The Labute approximate surface area is 119 Å². The first kappa shape index (κ1) is 11.5. The SMILES string of the molecule is COc1ccccc1-c1cn2cc(I)ccc2n1. The minimum absolute atomic E-state index is 0.843. The fourth-order valence-corrected chi connectivity index (χ4v) is 2.43. The average Bonchev–Trinajstić information content (AvgIpc) is 2.81. The second-order valence-corrected chi connectivity index (χ2v) is 5.18.